The summed E-state index contributed by atoms with van der Waals surface area (Å²) in [6, 6.07) is 8.66. The Kier molecular flexibility index (Phi) is 4.12. The van der Waals surface area contributed by atoms with Crippen molar-refractivity contribution in [3.63, 3.8) is 0 Å². The van der Waals surface area contributed by atoms with E-state index in [0.717, 1.165) is 12.0 Å². The van der Waals surface area contributed by atoms with Crippen LogP contribution in [0.15, 0.2) is 36.5 Å². The number of carbonyl (C=O) groups excluding carboxylic acids is 1. The van der Waals surface area contributed by atoms with Crippen LogP contribution in [0.25, 0.3) is 0 Å². The van der Waals surface area contributed by atoms with Gasteiger partial charge in [0.15, 0.2) is 11.0 Å². The second-order valence-electron chi connectivity index (χ2n) is 3.97. The zero-order valence-electron chi connectivity index (χ0n) is 10.3. The smallest absolute Gasteiger partial charge is 0.258 e. The van der Waals surface area contributed by atoms with Crippen LogP contribution in [0.1, 0.15) is 22.8 Å². The van der Waals surface area contributed by atoms with E-state index in [1.165, 1.54) is 12.3 Å². The summed E-state index contributed by atoms with van der Waals surface area (Å²) in [5.41, 5.74) is 1.64. The highest BCUT2D eigenvalue weighted by Gasteiger charge is 2.14. The number of rotatable bonds is 3. The summed E-state index contributed by atoms with van der Waals surface area (Å²) in [5.74, 6) is -1.36. The third-order valence-electron chi connectivity index (χ3n) is 2.71. The van der Waals surface area contributed by atoms with Gasteiger partial charge in [-0.2, -0.15) is 0 Å². The first kappa shape index (κ1) is 13.5. The Labute approximate surface area is 115 Å². The van der Waals surface area contributed by atoms with Crippen LogP contribution in [0.4, 0.5) is 10.1 Å². The van der Waals surface area contributed by atoms with E-state index in [1.807, 2.05) is 19.1 Å². The predicted octanol–water partition coefficient (Wildman–Crippen LogP) is 3.69. The molecule has 0 atom stereocenters. The summed E-state index contributed by atoms with van der Waals surface area (Å²) in [4.78, 5) is 15.5. The number of pyridine rings is 1. The molecular weight excluding hydrogens is 267 g/mol. The normalized spacial score (nSPS) is 10.3. The second-order valence-corrected chi connectivity index (χ2v) is 4.33. The topological polar surface area (TPSA) is 42.0 Å². The van der Waals surface area contributed by atoms with E-state index >= 15 is 0 Å². The molecule has 2 rings (SSSR count). The largest absolute Gasteiger partial charge is 0.322 e. The number of halogens is 2. The molecule has 0 fully saturated rings. The quantitative estimate of drug-likeness (QED) is 0.870. The minimum atomic E-state index is -0.813. The van der Waals surface area contributed by atoms with E-state index in [1.54, 1.807) is 12.1 Å². The van der Waals surface area contributed by atoms with Gasteiger partial charge in [-0.15, -0.1) is 0 Å². The number of aromatic nitrogens is 1. The lowest BCUT2D eigenvalue weighted by Crippen LogP contribution is -2.14. The van der Waals surface area contributed by atoms with Crippen molar-refractivity contribution in [2.75, 3.05) is 5.32 Å². The molecule has 1 amide bonds. The lowest BCUT2D eigenvalue weighted by atomic mass is 10.1. The first-order chi connectivity index (χ1) is 9.11. The molecule has 0 aliphatic rings. The van der Waals surface area contributed by atoms with E-state index in [-0.39, 0.29) is 10.7 Å². The number of hydrogen-bond acceptors (Lipinski definition) is 2. The highest BCUT2D eigenvalue weighted by molar-refractivity contribution is 6.30. The molecule has 3 nitrogen and oxygen atoms in total. The average molecular weight is 279 g/mol. The maximum Gasteiger partial charge on any atom is 0.258 e. The van der Waals surface area contributed by atoms with Crippen molar-refractivity contribution in [1.29, 1.82) is 0 Å². The number of amides is 1. The Morgan fingerprint density at radius 2 is 2.00 bits per heavy atom. The highest BCUT2D eigenvalue weighted by Crippen LogP contribution is 2.17. The fourth-order valence-electron chi connectivity index (χ4n) is 1.62. The molecule has 1 N–H and O–H groups in total. The monoisotopic (exact) mass is 278 g/mol. The van der Waals surface area contributed by atoms with Crippen molar-refractivity contribution in [1.82, 2.24) is 4.98 Å². The Morgan fingerprint density at radius 1 is 1.32 bits per heavy atom. The van der Waals surface area contributed by atoms with Crippen LogP contribution < -0.4 is 5.32 Å². The summed E-state index contributed by atoms with van der Waals surface area (Å²) >= 11 is 5.53. The zero-order valence-corrected chi connectivity index (χ0v) is 11.0. The maximum absolute atomic E-state index is 13.6. The molecule has 0 saturated carbocycles. The Bertz CT molecular complexity index is 599. The molecule has 0 aliphatic carbocycles. The van der Waals surface area contributed by atoms with Gasteiger partial charge in [0.2, 0.25) is 0 Å². The lowest BCUT2D eigenvalue weighted by molar-refractivity contribution is 0.102. The van der Waals surface area contributed by atoms with E-state index < -0.39 is 11.7 Å². The minimum absolute atomic E-state index is 0.125. The number of aryl methyl sites for hydroxylation is 1. The predicted molar refractivity (Wildman–Crippen MR) is 73.0 cm³/mol. The van der Waals surface area contributed by atoms with E-state index in [0.29, 0.717) is 5.69 Å². The fraction of sp³-hybridized carbons (Fsp3) is 0.143. The molecule has 0 unspecified atom stereocenters. The Hall–Kier alpha value is -1.94. The van der Waals surface area contributed by atoms with Crippen molar-refractivity contribution >= 4 is 23.2 Å². The van der Waals surface area contributed by atoms with Gasteiger partial charge in [-0.25, -0.2) is 9.37 Å². The Balaban J connectivity index is 2.18. The van der Waals surface area contributed by atoms with Crippen molar-refractivity contribution in [2.45, 2.75) is 13.3 Å². The van der Waals surface area contributed by atoms with Crippen LogP contribution in [0.5, 0.6) is 0 Å². The van der Waals surface area contributed by atoms with Gasteiger partial charge in [-0.05, 0) is 30.2 Å². The van der Waals surface area contributed by atoms with Gasteiger partial charge in [0.1, 0.15) is 0 Å². The number of benzene rings is 1. The van der Waals surface area contributed by atoms with Gasteiger partial charge in [0.25, 0.3) is 5.91 Å². The van der Waals surface area contributed by atoms with Gasteiger partial charge in [-0.1, -0.05) is 30.7 Å². The highest BCUT2D eigenvalue weighted by atomic mass is 35.5. The van der Waals surface area contributed by atoms with Crippen molar-refractivity contribution in [2.24, 2.45) is 0 Å². The molecule has 1 heterocycles. The van der Waals surface area contributed by atoms with Crippen LogP contribution in [0.3, 0.4) is 0 Å². The van der Waals surface area contributed by atoms with Gasteiger partial charge in [0.05, 0.1) is 5.56 Å². The first-order valence-corrected chi connectivity index (χ1v) is 6.20. The number of hydrogen-bond donors (Lipinski definition) is 1. The third-order valence-corrected chi connectivity index (χ3v) is 2.97. The SMILES string of the molecule is CCc1ccc(NC(=O)c2ccnc(Cl)c2F)cc1. The standard InChI is InChI=1S/C14H12ClFN2O/c1-2-9-3-5-10(6-4-9)18-14(19)11-7-8-17-13(15)12(11)16/h3-8H,2H2,1H3,(H,18,19). The molecule has 0 bridgehead atoms. The van der Waals surface area contributed by atoms with Crippen molar-refractivity contribution < 1.29 is 9.18 Å². The van der Waals surface area contributed by atoms with Crippen molar-refractivity contribution in [3.8, 4) is 0 Å². The van der Waals surface area contributed by atoms with Crippen molar-refractivity contribution in [3.05, 3.63) is 58.6 Å². The molecule has 5 heteroatoms. The molecule has 0 saturated heterocycles. The first-order valence-electron chi connectivity index (χ1n) is 5.82. The van der Waals surface area contributed by atoms with E-state index in [4.69, 9.17) is 11.6 Å². The van der Waals surface area contributed by atoms with Crippen LogP contribution >= 0.6 is 11.6 Å². The second kappa shape index (κ2) is 5.80. The molecule has 19 heavy (non-hydrogen) atoms. The van der Waals surface area contributed by atoms with E-state index in [2.05, 4.69) is 10.3 Å². The maximum atomic E-state index is 13.6. The van der Waals surface area contributed by atoms with Gasteiger partial charge >= 0.3 is 0 Å². The number of nitrogens with zero attached hydrogens (tertiary/aromatic N) is 1. The number of nitrogens with one attached hydrogen (secondary N) is 1. The van der Waals surface area contributed by atoms with Crippen LogP contribution in [0.2, 0.25) is 5.15 Å². The Morgan fingerprint density at radius 3 is 2.63 bits per heavy atom. The summed E-state index contributed by atoms with van der Waals surface area (Å²) < 4.78 is 13.6. The van der Waals surface area contributed by atoms with Gasteiger partial charge in [-0.3, -0.25) is 4.79 Å². The molecule has 0 spiro atoms. The summed E-state index contributed by atoms with van der Waals surface area (Å²) in [5, 5.41) is 2.30. The number of carbonyl (C=O) groups is 1. The van der Waals surface area contributed by atoms with Crippen LogP contribution in [-0.2, 0) is 6.42 Å². The van der Waals surface area contributed by atoms with Crippen LogP contribution in [-0.4, -0.2) is 10.9 Å². The molecule has 98 valence electrons. The zero-order chi connectivity index (χ0) is 13.8. The molecule has 0 radical (unpaired) electrons. The van der Waals surface area contributed by atoms with Gasteiger partial charge < -0.3 is 5.32 Å². The molecule has 2 aromatic rings. The average Bonchev–Trinajstić information content (AvgIpc) is 2.42. The summed E-state index contributed by atoms with van der Waals surface area (Å²) in [6.07, 6.45) is 2.21. The lowest BCUT2D eigenvalue weighted by Gasteiger charge is -2.07. The number of anilines is 1. The molecule has 1 aromatic carbocycles. The fourth-order valence-corrected chi connectivity index (χ4v) is 1.77. The summed E-state index contributed by atoms with van der Waals surface area (Å²) in [7, 11) is 0. The van der Waals surface area contributed by atoms with E-state index in [9.17, 15) is 9.18 Å². The van der Waals surface area contributed by atoms with Gasteiger partial charge in [0, 0.05) is 11.9 Å². The summed E-state index contributed by atoms with van der Waals surface area (Å²) in [6.45, 7) is 2.04. The van der Waals surface area contributed by atoms with Crippen LogP contribution in [0, 0.1) is 5.82 Å². The molecule has 0 aliphatic heterocycles. The third kappa shape index (κ3) is 3.09. The molecule has 1 aromatic heterocycles. The minimum Gasteiger partial charge on any atom is -0.322 e. The molecular formula is C14H12ClFN2O.